The predicted octanol–water partition coefficient (Wildman–Crippen LogP) is 5.69. The van der Waals surface area contributed by atoms with E-state index >= 15 is 0 Å². The molecule has 1 aromatic heterocycles. The van der Waals surface area contributed by atoms with Crippen molar-refractivity contribution in [3.05, 3.63) is 82.1 Å². The van der Waals surface area contributed by atoms with E-state index in [-0.39, 0.29) is 11.2 Å². The van der Waals surface area contributed by atoms with Crippen LogP contribution < -0.4 is 5.43 Å². The Kier molecular flexibility index (Phi) is 6.83. The molecule has 0 unspecified atom stereocenters. The van der Waals surface area contributed by atoms with E-state index in [1.54, 1.807) is 6.21 Å². The Balaban J connectivity index is 1.67. The number of carbonyl (C=O) groups is 1. The highest BCUT2D eigenvalue weighted by molar-refractivity contribution is 8.00. The van der Waals surface area contributed by atoms with E-state index in [1.807, 2.05) is 82.3 Å². The van der Waals surface area contributed by atoms with Gasteiger partial charge in [-0.3, -0.25) is 4.79 Å². The van der Waals surface area contributed by atoms with Crippen LogP contribution in [0.5, 0.6) is 0 Å². The first-order chi connectivity index (χ1) is 13.9. The summed E-state index contributed by atoms with van der Waals surface area (Å²) < 4.78 is 2.08. The number of benzene rings is 2. The van der Waals surface area contributed by atoms with E-state index in [4.69, 9.17) is 11.6 Å². The lowest BCUT2D eigenvalue weighted by atomic mass is 10.2. The third kappa shape index (κ3) is 5.11. The van der Waals surface area contributed by atoms with Crippen molar-refractivity contribution in [3.63, 3.8) is 0 Å². The van der Waals surface area contributed by atoms with E-state index in [9.17, 15) is 4.79 Å². The van der Waals surface area contributed by atoms with Crippen LogP contribution in [0.25, 0.3) is 5.69 Å². The second kappa shape index (κ2) is 9.33. The molecule has 0 spiro atoms. The van der Waals surface area contributed by atoms with Gasteiger partial charge in [-0.1, -0.05) is 41.4 Å². The SMILES string of the molecule is Cc1ccc(S[C@@H](C)C(=O)N/N=C\c2cc(C)n(-c3ccccc3Cl)c2C)cc1. The molecule has 6 heteroatoms. The zero-order valence-corrected chi connectivity index (χ0v) is 18.5. The molecule has 3 aromatic rings. The maximum atomic E-state index is 12.4. The van der Waals surface area contributed by atoms with E-state index in [0.29, 0.717) is 5.02 Å². The molecule has 150 valence electrons. The summed E-state index contributed by atoms with van der Waals surface area (Å²) in [5.41, 5.74) is 7.76. The normalized spacial score (nSPS) is 12.3. The van der Waals surface area contributed by atoms with Gasteiger partial charge in [0.25, 0.3) is 5.91 Å². The Labute approximate surface area is 181 Å². The van der Waals surface area contributed by atoms with Crippen LogP contribution in [0.3, 0.4) is 0 Å². The average molecular weight is 426 g/mol. The summed E-state index contributed by atoms with van der Waals surface area (Å²) in [4.78, 5) is 13.4. The molecule has 1 amide bonds. The van der Waals surface area contributed by atoms with Gasteiger partial charge in [0.2, 0.25) is 0 Å². The Hall–Kier alpha value is -2.50. The molecule has 0 aliphatic carbocycles. The lowest BCUT2D eigenvalue weighted by molar-refractivity contribution is -0.120. The lowest BCUT2D eigenvalue weighted by Gasteiger charge is -2.11. The predicted molar refractivity (Wildman–Crippen MR) is 122 cm³/mol. The molecular weight excluding hydrogens is 402 g/mol. The van der Waals surface area contributed by atoms with Gasteiger partial charge in [0.15, 0.2) is 0 Å². The number of amides is 1. The molecule has 0 saturated carbocycles. The summed E-state index contributed by atoms with van der Waals surface area (Å²) >= 11 is 7.86. The summed E-state index contributed by atoms with van der Waals surface area (Å²) in [6.07, 6.45) is 1.68. The van der Waals surface area contributed by atoms with Crippen molar-refractivity contribution < 1.29 is 4.79 Å². The van der Waals surface area contributed by atoms with Crippen LogP contribution in [0.1, 0.15) is 29.4 Å². The van der Waals surface area contributed by atoms with Crippen LogP contribution in [0.4, 0.5) is 0 Å². The van der Waals surface area contributed by atoms with Gasteiger partial charge in [0.1, 0.15) is 0 Å². The van der Waals surface area contributed by atoms with Gasteiger partial charge in [-0.2, -0.15) is 5.10 Å². The first kappa shape index (κ1) is 21.2. The second-order valence-electron chi connectivity index (χ2n) is 6.92. The Bertz CT molecular complexity index is 1040. The number of rotatable bonds is 6. The molecule has 2 aromatic carbocycles. The summed E-state index contributed by atoms with van der Waals surface area (Å²) in [5.74, 6) is -0.133. The van der Waals surface area contributed by atoms with Crippen molar-refractivity contribution in [2.24, 2.45) is 5.10 Å². The third-order valence-corrected chi connectivity index (χ3v) is 6.08. The number of para-hydroxylation sites is 1. The van der Waals surface area contributed by atoms with Gasteiger partial charge in [0.05, 0.1) is 22.2 Å². The molecule has 1 atom stereocenters. The van der Waals surface area contributed by atoms with Gasteiger partial charge < -0.3 is 4.57 Å². The maximum Gasteiger partial charge on any atom is 0.253 e. The number of aryl methyl sites for hydroxylation is 2. The molecule has 0 fully saturated rings. The Morgan fingerprint density at radius 3 is 2.52 bits per heavy atom. The number of thioether (sulfide) groups is 1. The number of hydrogen-bond acceptors (Lipinski definition) is 3. The minimum atomic E-state index is -0.245. The van der Waals surface area contributed by atoms with Gasteiger partial charge in [-0.05, 0) is 58.0 Å². The van der Waals surface area contributed by atoms with Crippen molar-refractivity contribution in [1.29, 1.82) is 0 Å². The third-order valence-electron chi connectivity index (χ3n) is 4.65. The first-order valence-electron chi connectivity index (χ1n) is 9.37. The minimum Gasteiger partial charge on any atom is -0.316 e. The van der Waals surface area contributed by atoms with Crippen LogP contribution in [-0.4, -0.2) is 21.9 Å². The minimum absolute atomic E-state index is 0.133. The number of hydrogen-bond donors (Lipinski definition) is 1. The van der Waals surface area contributed by atoms with Crippen molar-refractivity contribution in [2.75, 3.05) is 0 Å². The van der Waals surface area contributed by atoms with Crippen molar-refractivity contribution in [3.8, 4) is 5.69 Å². The first-order valence-corrected chi connectivity index (χ1v) is 10.6. The quantitative estimate of drug-likeness (QED) is 0.313. The largest absolute Gasteiger partial charge is 0.316 e. The topological polar surface area (TPSA) is 46.4 Å². The van der Waals surface area contributed by atoms with Crippen molar-refractivity contribution in [1.82, 2.24) is 9.99 Å². The molecule has 1 heterocycles. The molecular formula is C23H24ClN3OS. The van der Waals surface area contributed by atoms with Crippen LogP contribution >= 0.6 is 23.4 Å². The maximum absolute atomic E-state index is 12.4. The number of nitrogens with one attached hydrogen (secondary N) is 1. The van der Waals surface area contributed by atoms with Crippen LogP contribution in [0.15, 0.2) is 64.6 Å². The molecule has 0 saturated heterocycles. The zero-order valence-electron chi connectivity index (χ0n) is 16.9. The van der Waals surface area contributed by atoms with Gasteiger partial charge in [-0.15, -0.1) is 11.8 Å². The van der Waals surface area contributed by atoms with E-state index in [1.165, 1.54) is 17.3 Å². The summed E-state index contributed by atoms with van der Waals surface area (Å²) in [7, 11) is 0. The fourth-order valence-electron chi connectivity index (χ4n) is 3.05. The highest BCUT2D eigenvalue weighted by atomic mass is 35.5. The zero-order chi connectivity index (χ0) is 21.0. The molecule has 0 aliphatic heterocycles. The fourth-order valence-corrected chi connectivity index (χ4v) is 4.13. The second-order valence-corrected chi connectivity index (χ2v) is 8.74. The van der Waals surface area contributed by atoms with E-state index in [0.717, 1.165) is 27.5 Å². The Morgan fingerprint density at radius 1 is 1.14 bits per heavy atom. The molecule has 29 heavy (non-hydrogen) atoms. The number of carbonyl (C=O) groups excluding carboxylic acids is 1. The van der Waals surface area contributed by atoms with E-state index < -0.39 is 0 Å². The number of aromatic nitrogens is 1. The highest BCUT2D eigenvalue weighted by Crippen LogP contribution is 2.26. The van der Waals surface area contributed by atoms with Crippen molar-refractivity contribution >= 4 is 35.5 Å². The fraction of sp³-hybridized carbons (Fsp3) is 0.217. The average Bonchev–Trinajstić information content (AvgIpc) is 2.97. The molecule has 4 nitrogen and oxygen atoms in total. The van der Waals surface area contributed by atoms with Gasteiger partial charge in [0, 0.05) is 21.8 Å². The summed E-state index contributed by atoms with van der Waals surface area (Å²) in [5, 5.41) is 4.61. The monoisotopic (exact) mass is 425 g/mol. The molecule has 1 N–H and O–H groups in total. The van der Waals surface area contributed by atoms with Gasteiger partial charge in [-0.25, -0.2) is 5.43 Å². The number of nitrogens with zero attached hydrogens (tertiary/aromatic N) is 2. The molecule has 3 rings (SSSR count). The molecule has 0 aliphatic rings. The highest BCUT2D eigenvalue weighted by Gasteiger charge is 2.14. The molecule has 0 bridgehead atoms. The van der Waals surface area contributed by atoms with Crippen LogP contribution in [-0.2, 0) is 4.79 Å². The summed E-state index contributed by atoms with van der Waals surface area (Å²) in [6, 6.07) is 17.9. The number of hydrazone groups is 1. The standard InChI is InChI=1S/C23H24ClN3OS/c1-15-9-11-20(12-10-15)29-18(4)23(28)26-25-14-19-13-16(2)27(17(19)3)22-8-6-5-7-21(22)24/h5-14,18H,1-4H3,(H,26,28)/b25-14-/t18-/m0/s1. The molecule has 0 radical (unpaired) electrons. The van der Waals surface area contributed by atoms with Gasteiger partial charge >= 0.3 is 0 Å². The van der Waals surface area contributed by atoms with E-state index in [2.05, 4.69) is 15.1 Å². The lowest BCUT2D eigenvalue weighted by Crippen LogP contribution is -2.26. The van der Waals surface area contributed by atoms with Crippen LogP contribution in [0.2, 0.25) is 5.02 Å². The summed E-state index contributed by atoms with van der Waals surface area (Å²) in [6.45, 7) is 7.95. The van der Waals surface area contributed by atoms with Crippen molar-refractivity contribution in [2.45, 2.75) is 37.8 Å². The smallest absolute Gasteiger partial charge is 0.253 e. The number of halogens is 1. The Morgan fingerprint density at radius 2 is 1.83 bits per heavy atom. The van der Waals surface area contributed by atoms with Crippen LogP contribution in [0, 0.1) is 20.8 Å².